The first-order valence-corrected chi connectivity index (χ1v) is 12.3. The van der Waals surface area contributed by atoms with Crippen molar-refractivity contribution in [3.05, 3.63) is 64.3 Å². The molecular formula is C27H28ClFN6O2. The topological polar surface area (TPSA) is 95.1 Å². The number of nitrogens with zero attached hydrogens (tertiary/aromatic N) is 6. The van der Waals surface area contributed by atoms with Crippen LogP contribution < -0.4 is 10.6 Å². The third-order valence-electron chi connectivity index (χ3n) is 6.21. The molecule has 0 spiro atoms. The lowest BCUT2D eigenvalue weighted by Crippen LogP contribution is -2.55. The molecule has 10 heteroatoms. The lowest BCUT2D eigenvalue weighted by Gasteiger charge is -2.41. The average molecular weight is 523 g/mol. The van der Waals surface area contributed by atoms with Gasteiger partial charge in [-0.15, -0.1) is 0 Å². The van der Waals surface area contributed by atoms with Gasteiger partial charge < -0.3 is 9.80 Å². The van der Waals surface area contributed by atoms with Gasteiger partial charge in [-0.2, -0.15) is 10.2 Å². The van der Waals surface area contributed by atoms with E-state index in [9.17, 15) is 19.2 Å². The summed E-state index contributed by atoms with van der Waals surface area (Å²) in [6.45, 7) is 10.8. The predicted octanol–water partition coefficient (Wildman–Crippen LogP) is 4.41. The second-order valence-electron chi connectivity index (χ2n) is 10.2. The maximum Gasteiger partial charge on any atom is 0.351 e. The Morgan fingerprint density at radius 1 is 1.30 bits per heavy atom. The number of amides is 1. The number of hydrogen-bond donors (Lipinski definition) is 0. The summed E-state index contributed by atoms with van der Waals surface area (Å²) in [7, 11) is 0. The van der Waals surface area contributed by atoms with Crippen LogP contribution in [0.2, 0.25) is 5.02 Å². The first kappa shape index (κ1) is 26.3. The van der Waals surface area contributed by atoms with Gasteiger partial charge in [0.2, 0.25) is 5.91 Å². The fourth-order valence-electron chi connectivity index (χ4n) is 4.57. The van der Waals surface area contributed by atoms with Crippen LogP contribution in [0.3, 0.4) is 0 Å². The molecule has 1 amide bonds. The number of anilines is 1. The Labute approximate surface area is 219 Å². The van der Waals surface area contributed by atoms with Crippen molar-refractivity contribution in [2.45, 2.75) is 39.8 Å². The van der Waals surface area contributed by atoms with Crippen LogP contribution in [0.15, 0.2) is 47.8 Å². The van der Waals surface area contributed by atoms with Crippen LogP contribution in [0.1, 0.15) is 27.2 Å². The lowest BCUT2D eigenvalue weighted by molar-refractivity contribution is -0.126. The molecule has 0 saturated carbocycles. The molecule has 1 aliphatic rings. The summed E-state index contributed by atoms with van der Waals surface area (Å²) in [5, 5.41) is 10.2. The third-order valence-corrected chi connectivity index (χ3v) is 6.50. The molecule has 0 bridgehead atoms. The molecule has 1 atom stereocenters. The van der Waals surface area contributed by atoms with Crippen LogP contribution in [0.25, 0.3) is 22.3 Å². The monoisotopic (exact) mass is 522 g/mol. The second-order valence-corrected chi connectivity index (χ2v) is 10.6. The van der Waals surface area contributed by atoms with Gasteiger partial charge in [0.1, 0.15) is 17.3 Å². The van der Waals surface area contributed by atoms with Gasteiger partial charge in [0.05, 0.1) is 34.6 Å². The number of piperazine rings is 1. The number of aromatic nitrogens is 3. The highest BCUT2D eigenvalue weighted by Crippen LogP contribution is 2.35. The van der Waals surface area contributed by atoms with Crippen molar-refractivity contribution in [1.29, 1.82) is 5.26 Å². The normalized spacial score (nSPS) is 16.1. The molecule has 1 aliphatic heterocycles. The van der Waals surface area contributed by atoms with E-state index < -0.39 is 17.5 Å². The summed E-state index contributed by atoms with van der Waals surface area (Å²) in [5.41, 5.74) is -0.0118. The van der Waals surface area contributed by atoms with Gasteiger partial charge in [0.25, 0.3) is 0 Å². The first-order chi connectivity index (χ1) is 17.5. The smallest absolute Gasteiger partial charge is 0.348 e. The molecule has 37 heavy (non-hydrogen) atoms. The highest BCUT2D eigenvalue weighted by Gasteiger charge is 2.32. The van der Waals surface area contributed by atoms with Crippen molar-refractivity contribution < 1.29 is 9.18 Å². The van der Waals surface area contributed by atoms with Crippen LogP contribution in [-0.4, -0.2) is 51.0 Å². The number of hydrogen-bond acceptors (Lipinski definition) is 6. The number of rotatable bonds is 5. The summed E-state index contributed by atoms with van der Waals surface area (Å²) in [6, 6.07) is 9.60. The molecule has 1 unspecified atom stereocenters. The van der Waals surface area contributed by atoms with E-state index in [1.807, 2.05) is 25.7 Å². The van der Waals surface area contributed by atoms with Crippen molar-refractivity contribution in [1.82, 2.24) is 19.4 Å². The minimum atomic E-state index is -0.507. The van der Waals surface area contributed by atoms with E-state index in [4.69, 9.17) is 16.6 Å². The molecule has 3 aromatic rings. The van der Waals surface area contributed by atoms with Crippen molar-refractivity contribution in [3.63, 3.8) is 0 Å². The lowest BCUT2D eigenvalue weighted by atomic mass is 9.97. The number of carbonyl (C=O) groups excluding carboxylic acids is 1. The van der Waals surface area contributed by atoms with Gasteiger partial charge in [-0.3, -0.25) is 9.36 Å². The predicted molar refractivity (Wildman–Crippen MR) is 142 cm³/mol. The zero-order chi connectivity index (χ0) is 26.9. The van der Waals surface area contributed by atoms with Gasteiger partial charge in [0.15, 0.2) is 0 Å². The average Bonchev–Trinajstić information content (AvgIpc) is 2.85. The summed E-state index contributed by atoms with van der Waals surface area (Å²) in [6.07, 6.45) is 1.36. The number of nitriles is 1. The molecule has 1 saturated heterocycles. The Bertz CT molecular complexity index is 1470. The Morgan fingerprint density at radius 2 is 2.03 bits per heavy atom. The van der Waals surface area contributed by atoms with Crippen LogP contribution >= 0.6 is 11.6 Å². The van der Waals surface area contributed by atoms with Crippen LogP contribution in [0.4, 0.5) is 10.2 Å². The maximum absolute atomic E-state index is 14.7. The zero-order valence-electron chi connectivity index (χ0n) is 21.0. The van der Waals surface area contributed by atoms with E-state index in [1.54, 1.807) is 29.2 Å². The molecule has 1 aromatic carbocycles. The van der Waals surface area contributed by atoms with Crippen LogP contribution in [0.5, 0.6) is 0 Å². The van der Waals surface area contributed by atoms with E-state index in [2.05, 4.69) is 17.6 Å². The minimum absolute atomic E-state index is 0.115. The summed E-state index contributed by atoms with van der Waals surface area (Å²) < 4.78 is 16.2. The van der Waals surface area contributed by atoms with Crippen molar-refractivity contribution in [3.8, 4) is 17.3 Å². The number of pyridine rings is 1. The molecule has 0 aliphatic carbocycles. The number of halogens is 2. The fraction of sp³-hybridized carbons (Fsp3) is 0.370. The van der Waals surface area contributed by atoms with Crippen LogP contribution in [-0.2, 0) is 11.3 Å². The summed E-state index contributed by atoms with van der Waals surface area (Å²) >= 11 is 6.65. The van der Waals surface area contributed by atoms with Crippen molar-refractivity contribution >= 4 is 34.4 Å². The molecule has 192 valence electrons. The SMILES string of the molecule is C=CC(=O)N1CCN(c2nc(=O)n(CC(C)(C)C)c3nc(-c4ccccc4F)c(Cl)cc23)C(CC#N)C1. The van der Waals surface area contributed by atoms with Crippen LogP contribution in [0, 0.1) is 22.6 Å². The number of fused-ring (bicyclic) bond motifs is 1. The van der Waals surface area contributed by atoms with Crippen molar-refractivity contribution in [2.24, 2.45) is 5.41 Å². The standard InChI is InChI=1S/C27H28ClFN6O2/c1-5-22(36)33-12-13-34(17(15-33)10-11-30)25-19-14-20(28)23(18-8-6-7-9-21(18)29)31-24(19)35(26(37)32-25)16-27(2,3)4/h5-9,14,17H,1,10,12-13,15-16H2,2-4H3. The van der Waals surface area contributed by atoms with E-state index in [1.165, 1.54) is 16.7 Å². The van der Waals surface area contributed by atoms with E-state index >= 15 is 0 Å². The molecule has 3 heterocycles. The van der Waals surface area contributed by atoms with E-state index in [-0.39, 0.29) is 40.6 Å². The molecule has 0 N–H and O–H groups in total. The molecular weight excluding hydrogens is 495 g/mol. The first-order valence-electron chi connectivity index (χ1n) is 11.9. The minimum Gasteiger partial charge on any atom is -0.348 e. The molecule has 0 radical (unpaired) electrons. The largest absolute Gasteiger partial charge is 0.351 e. The molecule has 8 nitrogen and oxygen atoms in total. The molecule has 2 aromatic heterocycles. The highest BCUT2D eigenvalue weighted by molar-refractivity contribution is 6.33. The number of carbonyl (C=O) groups is 1. The third kappa shape index (κ3) is 5.35. The fourth-order valence-corrected chi connectivity index (χ4v) is 4.83. The molecule has 1 fully saturated rings. The van der Waals surface area contributed by atoms with Gasteiger partial charge in [-0.25, -0.2) is 14.2 Å². The Kier molecular flexibility index (Phi) is 7.32. The molecule has 4 rings (SSSR count). The van der Waals surface area contributed by atoms with Gasteiger partial charge in [-0.1, -0.05) is 51.1 Å². The second kappa shape index (κ2) is 10.3. The summed E-state index contributed by atoms with van der Waals surface area (Å²) in [5.74, 6) is -0.363. The van der Waals surface area contributed by atoms with Gasteiger partial charge in [-0.05, 0) is 29.7 Å². The van der Waals surface area contributed by atoms with E-state index in [0.29, 0.717) is 36.5 Å². The van der Waals surface area contributed by atoms with Crippen molar-refractivity contribution in [2.75, 3.05) is 24.5 Å². The summed E-state index contributed by atoms with van der Waals surface area (Å²) in [4.78, 5) is 38.2. The Morgan fingerprint density at radius 3 is 2.68 bits per heavy atom. The quantitative estimate of drug-likeness (QED) is 0.460. The van der Waals surface area contributed by atoms with E-state index in [0.717, 1.165) is 0 Å². The Hall–Kier alpha value is -3.77. The number of benzene rings is 1. The highest BCUT2D eigenvalue weighted by atomic mass is 35.5. The maximum atomic E-state index is 14.7. The van der Waals surface area contributed by atoms with Gasteiger partial charge in [0, 0.05) is 31.7 Å². The zero-order valence-corrected chi connectivity index (χ0v) is 21.8. The van der Waals surface area contributed by atoms with Gasteiger partial charge >= 0.3 is 5.69 Å². The Balaban J connectivity index is 1.95.